The summed E-state index contributed by atoms with van der Waals surface area (Å²) in [6, 6.07) is 21.1. The first kappa shape index (κ1) is 21.7. The molecule has 162 valence electrons. The molecule has 0 spiro atoms. The number of benzene rings is 2. The summed E-state index contributed by atoms with van der Waals surface area (Å²) in [6.45, 7) is 7.81. The SMILES string of the molecule is CC(C)(C)[Si](OC[C@@H](O)[C@@H]1C[C@H]2OCCC[C@@H]2O1)(c1ccccc1)c1ccccc1. The van der Waals surface area contributed by atoms with Crippen LogP contribution in [0.2, 0.25) is 5.04 Å². The van der Waals surface area contributed by atoms with Crippen molar-refractivity contribution >= 4 is 18.7 Å². The van der Waals surface area contributed by atoms with Crippen molar-refractivity contribution < 1.29 is 19.0 Å². The van der Waals surface area contributed by atoms with Crippen LogP contribution in [0.15, 0.2) is 60.7 Å². The summed E-state index contributed by atoms with van der Waals surface area (Å²) in [5.41, 5.74) is 0. The lowest BCUT2D eigenvalue weighted by Crippen LogP contribution is -2.67. The van der Waals surface area contributed by atoms with Crippen LogP contribution in [0, 0.1) is 0 Å². The van der Waals surface area contributed by atoms with Gasteiger partial charge >= 0.3 is 0 Å². The van der Waals surface area contributed by atoms with Crippen molar-refractivity contribution in [1.29, 1.82) is 0 Å². The minimum Gasteiger partial charge on any atom is -0.405 e. The molecule has 2 aromatic rings. The summed E-state index contributed by atoms with van der Waals surface area (Å²) >= 11 is 0. The lowest BCUT2D eigenvalue weighted by atomic mass is 10.0. The zero-order valence-electron chi connectivity index (χ0n) is 18.3. The van der Waals surface area contributed by atoms with E-state index in [4.69, 9.17) is 13.9 Å². The van der Waals surface area contributed by atoms with Crippen LogP contribution in [-0.2, 0) is 13.9 Å². The largest absolute Gasteiger partial charge is 0.405 e. The van der Waals surface area contributed by atoms with Gasteiger partial charge in [-0.3, -0.25) is 0 Å². The summed E-state index contributed by atoms with van der Waals surface area (Å²) in [4.78, 5) is 0. The van der Waals surface area contributed by atoms with Crippen LogP contribution in [0.3, 0.4) is 0 Å². The standard InChI is InChI=1S/C25H34O4Si/c1-25(2,3)30(19-11-6-4-7-12-19,20-13-8-5-9-14-20)28-18-21(26)23-17-24-22(29-23)15-10-16-27-24/h4-9,11-14,21-24,26H,10,15-18H2,1-3H3/t21-,22+,23+,24-/m1/s1. The Morgan fingerprint density at radius 3 is 2.13 bits per heavy atom. The van der Waals surface area contributed by atoms with Gasteiger partial charge in [0.05, 0.1) is 24.9 Å². The highest BCUT2D eigenvalue weighted by Crippen LogP contribution is 2.37. The fourth-order valence-electron chi connectivity index (χ4n) is 5.02. The summed E-state index contributed by atoms with van der Waals surface area (Å²) in [5, 5.41) is 13.4. The third-order valence-electron chi connectivity index (χ3n) is 6.51. The van der Waals surface area contributed by atoms with Crippen LogP contribution in [-0.4, -0.2) is 51.1 Å². The van der Waals surface area contributed by atoms with Gasteiger partial charge in [0, 0.05) is 13.0 Å². The zero-order chi connectivity index (χ0) is 21.2. The maximum atomic E-state index is 11.0. The van der Waals surface area contributed by atoms with Gasteiger partial charge in [-0.15, -0.1) is 0 Å². The first-order chi connectivity index (χ1) is 14.4. The first-order valence-electron chi connectivity index (χ1n) is 11.1. The topological polar surface area (TPSA) is 47.9 Å². The molecule has 2 saturated heterocycles. The maximum absolute atomic E-state index is 11.0. The first-order valence-corrected chi connectivity index (χ1v) is 13.0. The molecule has 0 bridgehead atoms. The minimum absolute atomic E-state index is 0.108. The molecule has 0 radical (unpaired) electrons. The van der Waals surface area contributed by atoms with E-state index in [9.17, 15) is 5.11 Å². The number of fused-ring (bicyclic) bond motifs is 1. The van der Waals surface area contributed by atoms with E-state index in [0.29, 0.717) is 0 Å². The molecule has 2 heterocycles. The van der Waals surface area contributed by atoms with Crippen LogP contribution >= 0.6 is 0 Å². The maximum Gasteiger partial charge on any atom is 0.261 e. The molecule has 0 amide bonds. The van der Waals surface area contributed by atoms with E-state index in [1.807, 2.05) is 12.1 Å². The van der Waals surface area contributed by atoms with Crippen LogP contribution in [0.1, 0.15) is 40.0 Å². The van der Waals surface area contributed by atoms with Crippen LogP contribution in [0.5, 0.6) is 0 Å². The number of rotatable bonds is 6. The molecule has 2 aromatic carbocycles. The van der Waals surface area contributed by atoms with Crippen molar-refractivity contribution in [1.82, 2.24) is 0 Å². The molecule has 1 N–H and O–H groups in total. The molecule has 4 atom stereocenters. The Hall–Kier alpha value is -1.50. The van der Waals surface area contributed by atoms with Crippen LogP contribution < -0.4 is 10.4 Å². The Balaban J connectivity index is 1.60. The summed E-state index contributed by atoms with van der Waals surface area (Å²) in [6.07, 6.45) is 2.14. The highest BCUT2D eigenvalue weighted by atomic mass is 28.4. The van der Waals surface area contributed by atoms with E-state index in [1.165, 1.54) is 10.4 Å². The molecular weight excluding hydrogens is 392 g/mol. The van der Waals surface area contributed by atoms with E-state index in [2.05, 4.69) is 69.3 Å². The second-order valence-electron chi connectivity index (χ2n) is 9.54. The smallest absolute Gasteiger partial charge is 0.261 e. The van der Waals surface area contributed by atoms with Gasteiger partial charge in [0.15, 0.2) is 0 Å². The van der Waals surface area contributed by atoms with Gasteiger partial charge in [-0.05, 0) is 28.3 Å². The monoisotopic (exact) mass is 426 g/mol. The van der Waals surface area contributed by atoms with E-state index in [0.717, 1.165) is 25.9 Å². The Kier molecular flexibility index (Phi) is 6.46. The van der Waals surface area contributed by atoms with Gasteiger partial charge in [-0.25, -0.2) is 0 Å². The highest BCUT2D eigenvalue weighted by molar-refractivity contribution is 6.99. The van der Waals surface area contributed by atoms with Crippen molar-refractivity contribution in [2.24, 2.45) is 0 Å². The van der Waals surface area contributed by atoms with Crippen molar-refractivity contribution in [3.05, 3.63) is 60.7 Å². The van der Waals surface area contributed by atoms with Crippen LogP contribution in [0.4, 0.5) is 0 Å². The Morgan fingerprint density at radius 2 is 1.60 bits per heavy atom. The predicted molar refractivity (Wildman–Crippen MR) is 122 cm³/mol. The quantitative estimate of drug-likeness (QED) is 0.721. The second kappa shape index (κ2) is 8.93. The molecule has 2 aliphatic heterocycles. The molecule has 0 saturated carbocycles. The Labute approximate surface area is 181 Å². The van der Waals surface area contributed by atoms with Gasteiger partial charge < -0.3 is 19.0 Å². The van der Waals surface area contributed by atoms with Gasteiger partial charge in [0.25, 0.3) is 8.32 Å². The number of hydrogen-bond donors (Lipinski definition) is 1. The normalized spacial score (nSPS) is 25.7. The molecular formula is C25H34O4Si. The minimum atomic E-state index is -2.65. The van der Waals surface area contributed by atoms with E-state index in [1.54, 1.807) is 0 Å². The molecule has 2 aliphatic rings. The fraction of sp³-hybridized carbons (Fsp3) is 0.520. The number of aliphatic hydroxyl groups is 1. The molecule has 0 aromatic heterocycles. The Bertz CT molecular complexity index is 751. The number of aliphatic hydroxyl groups excluding tert-OH is 1. The molecule has 2 fully saturated rings. The molecule has 4 nitrogen and oxygen atoms in total. The van der Waals surface area contributed by atoms with Gasteiger partial charge in [-0.2, -0.15) is 0 Å². The Morgan fingerprint density at radius 1 is 1.00 bits per heavy atom. The molecule has 30 heavy (non-hydrogen) atoms. The van der Waals surface area contributed by atoms with Crippen molar-refractivity contribution in [2.75, 3.05) is 13.2 Å². The van der Waals surface area contributed by atoms with E-state index >= 15 is 0 Å². The highest BCUT2D eigenvalue weighted by Gasteiger charge is 2.51. The lowest BCUT2D eigenvalue weighted by molar-refractivity contribution is -0.0832. The predicted octanol–water partition coefficient (Wildman–Crippen LogP) is 3.26. The summed E-state index contributed by atoms with van der Waals surface area (Å²) in [7, 11) is -2.65. The zero-order valence-corrected chi connectivity index (χ0v) is 19.3. The van der Waals surface area contributed by atoms with E-state index < -0.39 is 14.4 Å². The number of hydrogen-bond acceptors (Lipinski definition) is 4. The van der Waals surface area contributed by atoms with Crippen molar-refractivity contribution in [3.8, 4) is 0 Å². The van der Waals surface area contributed by atoms with Crippen LogP contribution in [0.25, 0.3) is 0 Å². The molecule has 0 aliphatic carbocycles. The molecule has 0 unspecified atom stereocenters. The molecule has 5 heteroatoms. The van der Waals surface area contributed by atoms with Gasteiger partial charge in [0.2, 0.25) is 0 Å². The molecule has 4 rings (SSSR count). The average molecular weight is 427 g/mol. The fourth-order valence-corrected chi connectivity index (χ4v) is 9.60. The summed E-state index contributed by atoms with van der Waals surface area (Å²) < 4.78 is 18.9. The van der Waals surface area contributed by atoms with Gasteiger partial charge in [0.1, 0.15) is 6.10 Å². The number of ether oxygens (including phenoxy) is 2. The lowest BCUT2D eigenvalue weighted by Gasteiger charge is -2.43. The van der Waals surface area contributed by atoms with Crippen molar-refractivity contribution in [2.45, 2.75) is 69.5 Å². The summed E-state index contributed by atoms with van der Waals surface area (Å²) in [5.74, 6) is 0. The third-order valence-corrected chi connectivity index (χ3v) is 11.5. The second-order valence-corrected chi connectivity index (χ2v) is 13.8. The van der Waals surface area contributed by atoms with Crippen molar-refractivity contribution in [3.63, 3.8) is 0 Å². The van der Waals surface area contributed by atoms with E-state index in [-0.39, 0.29) is 30.0 Å². The average Bonchev–Trinajstić information content (AvgIpc) is 3.19. The van der Waals surface area contributed by atoms with Gasteiger partial charge in [-0.1, -0.05) is 81.4 Å². The third kappa shape index (κ3) is 4.14.